The first-order valence-corrected chi connectivity index (χ1v) is 8.58. The molecule has 0 radical (unpaired) electrons. The van der Waals surface area contributed by atoms with Crippen LogP contribution in [0.1, 0.15) is 5.56 Å². The van der Waals surface area contributed by atoms with Crippen LogP contribution in [0.25, 0.3) is 16.8 Å². The van der Waals surface area contributed by atoms with Crippen LogP contribution in [0, 0.1) is 0 Å². The van der Waals surface area contributed by atoms with Crippen LogP contribution in [0.15, 0.2) is 102 Å². The van der Waals surface area contributed by atoms with Crippen molar-refractivity contribution in [3.63, 3.8) is 0 Å². The van der Waals surface area contributed by atoms with E-state index >= 15 is 0 Å². The SMILES string of the molecule is C=Cc1ccncc1.[Ni+2].[O-]c1ccccc1N=Nc1c([O-])ccc2ccccc12. The summed E-state index contributed by atoms with van der Waals surface area (Å²) in [5, 5.41) is 33.0. The third-order valence-corrected chi connectivity index (χ3v) is 3.93. The predicted molar refractivity (Wildman–Crippen MR) is 108 cm³/mol. The van der Waals surface area contributed by atoms with E-state index < -0.39 is 0 Å². The van der Waals surface area contributed by atoms with Gasteiger partial charge in [-0.2, -0.15) is 10.2 Å². The number of para-hydroxylation sites is 1. The van der Waals surface area contributed by atoms with Crippen molar-refractivity contribution in [1.82, 2.24) is 4.98 Å². The summed E-state index contributed by atoms with van der Waals surface area (Å²) in [5.74, 6) is -0.431. The van der Waals surface area contributed by atoms with Crippen molar-refractivity contribution in [2.24, 2.45) is 10.2 Å². The first kappa shape index (κ1) is 21.8. The molecule has 29 heavy (non-hydrogen) atoms. The van der Waals surface area contributed by atoms with Gasteiger partial charge in [0.1, 0.15) is 0 Å². The quantitative estimate of drug-likeness (QED) is 0.337. The Bertz CT molecular complexity index is 1120. The topological polar surface area (TPSA) is 83.7 Å². The zero-order valence-corrected chi connectivity index (χ0v) is 16.3. The van der Waals surface area contributed by atoms with Crippen LogP contribution >= 0.6 is 0 Å². The van der Waals surface area contributed by atoms with Crippen molar-refractivity contribution < 1.29 is 26.7 Å². The van der Waals surface area contributed by atoms with E-state index in [1.165, 1.54) is 12.1 Å². The number of nitrogens with zero attached hydrogens (tertiary/aromatic N) is 3. The average molecular weight is 426 g/mol. The molecule has 0 amide bonds. The fourth-order valence-electron chi connectivity index (χ4n) is 2.48. The van der Waals surface area contributed by atoms with Crippen molar-refractivity contribution in [3.05, 3.63) is 97.3 Å². The van der Waals surface area contributed by atoms with Crippen LogP contribution in [-0.2, 0) is 16.5 Å². The molecule has 146 valence electrons. The van der Waals surface area contributed by atoms with Gasteiger partial charge in [-0.25, -0.2) is 0 Å². The van der Waals surface area contributed by atoms with Crippen LogP contribution < -0.4 is 10.2 Å². The van der Waals surface area contributed by atoms with Crippen LogP contribution in [0.2, 0.25) is 0 Å². The number of hydrogen-bond donors (Lipinski definition) is 0. The Morgan fingerprint density at radius 2 is 1.45 bits per heavy atom. The Balaban J connectivity index is 0.000000283. The molecule has 0 fully saturated rings. The molecule has 6 heteroatoms. The fraction of sp³-hybridized carbons (Fsp3) is 0. The summed E-state index contributed by atoms with van der Waals surface area (Å²) < 4.78 is 0. The summed E-state index contributed by atoms with van der Waals surface area (Å²) in [5.41, 5.74) is 1.59. The van der Waals surface area contributed by atoms with Gasteiger partial charge in [0.2, 0.25) is 0 Å². The van der Waals surface area contributed by atoms with Gasteiger partial charge < -0.3 is 10.2 Å². The number of pyridine rings is 1. The molecule has 0 aliphatic rings. The fourth-order valence-corrected chi connectivity index (χ4v) is 2.48. The predicted octanol–water partition coefficient (Wildman–Crippen LogP) is 5.12. The number of aromatic nitrogens is 1. The molecule has 0 aliphatic carbocycles. The molecule has 0 N–H and O–H groups in total. The molecule has 0 bridgehead atoms. The minimum atomic E-state index is -0.219. The minimum absolute atomic E-state index is 0. The molecule has 0 spiro atoms. The molecule has 0 unspecified atom stereocenters. The summed E-state index contributed by atoms with van der Waals surface area (Å²) in [7, 11) is 0. The molecule has 0 saturated carbocycles. The Labute approximate surface area is 179 Å². The van der Waals surface area contributed by atoms with Gasteiger partial charge in [0, 0.05) is 17.8 Å². The first-order valence-electron chi connectivity index (χ1n) is 8.58. The zero-order valence-electron chi connectivity index (χ0n) is 15.3. The van der Waals surface area contributed by atoms with Crippen LogP contribution in [0.5, 0.6) is 11.5 Å². The number of rotatable bonds is 3. The molecular formula is C23H17N3NiO2. The molecule has 1 heterocycles. The van der Waals surface area contributed by atoms with E-state index in [9.17, 15) is 10.2 Å². The largest absolute Gasteiger partial charge is 2.00 e. The maximum absolute atomic E-state index is 11.9. The third-order valence-electron chi connectivity index (χ3n) is 3.93. The van der Waals surface area contributed by atoms with Gasteiger partial charge in [-0.15, -0.1) is 0 Å². The van der Waals surface area contributed by atoms with E-state index in [2.05, 4.69) is 21.8 Å². The molecule has 0 atom stereocenters. The van der Waals surface area contributed by atoms with Crippen molar-refractivity contribution in [2.75, 3.05) is 0 Å². The molecule has 1 aromatic heterocycles. The van der Waals surface area contributed by atoms with E-state index in [1.807, 2.05) is 36.4 Å². The molecule has 4 rings (SSSR count). The maximum atomic E-state index is 11.9. The van der Waals surface area contributed by atoms with Gasteiger partial charge in [-0.3, -0.25) is 4.98 Å². The van der Waals surface area contributed by atoms with Crippen molar-refractivity contribution >= 4 is 28.2 Å². The van der Waals surface area contributed by atoms with E-state index in [4.69, 9.17) is 0 Å². The second kappa shape index (κ2) is 10.7. The monoisotopic (exact) mass is 425 g/mol. The van der Waals surface area contributed by atoms with Gasteiger partial charge in [-0.1, -0.05) is 78.8 Å². The van der Waals surface area contributed by atoms with E-state index in [0.717, 1.165) is 16.3 Å². The summed E-state index contributed by atoms with van der Waals surface area (Å²) in [4.78, 5) is 3.85. The number of hydrogen-bond acceptors (Lipinski definition) is 5. The van der Waals surface area contributed by atoms with Gasteiger partial charge in [0.25, 0.3) is 0 Å². The van der Waals surface area contributed by atoms with Crippen LogP contribution in [-0.4, -0.2) is 4.98 Å². The maximum Gasteiger partial charge on any atom is 2.00 e. The molecule has 0 saturated heterocycles. The summed E-state index contributed by atoms with van der Waals surface area (Å²) in [6.45, 7) is 3.60. The van der Waals surface area contributed by atoms with E-state index in [1.54, 1.807) is 42.7 Å². The van der Waals surface area contributed by atoms with Crippen LogP contribution in [0.4, 0.5) is 11.4 Å². The first-order chi connectivity index (χ1) is 13.7. The normalized spacial score (nSPS) is 10.1. The van der Waals surface area contributed by atoms with E-state index in [0.29, 0.717) is 0 Å². The minimum Gasteiger partial charge on any atom is -0.871 e. The number of benzene rings is 3. The van der Waals surface area contributed by atoms with Gasteiger partial charge >= 0.3 is 16.5 Å². The standard InChI is InChI=1S/C16H12N2O2.C7H7N.Ni/c19-14-8-4-3-7-13(14)17-18-16-12-6-2-1-5-11(12)9-10-15(16)20;1-2-7-3-5-8-6-4-7;/h1-10,19-20H;2-6H,1H2;/q;;+2/p-2. The Morgan fingerprint density at radius 3 is 2.14 bits per heavy atom. The van der Waals surface area contributed by atoms with Crippen molar-refractivity contribution in [3.8, 4) is 11.5 Å². The summed E-state index contributed by atoms with van der Waals surface area (Å²) in [6.07, 6.45) is 5.29. The third kappa shape index (κ3) is 5.74. The number of fused-ring (bicyclic) bond motifs is 1. The van der Waals surface area contributed by atoms with Gasteiger partial charge in [0.15, 0.2) is 0 Å². The van der Waals surface area contributed by atoms with Gasteiger partial charge in [-0.05, 0) is 29.1 Å². The molecule has 3 aromatic carbocycles. The van der Waals surface area contributed by atoms with Gasteiger partial charge in [0.05, 0.1) is 11.4 Å². The summed E-state index contributed by atoms with van der Waals surface area (Å²) >= 11 is 0. The molecular weight excluding hydrogens is 409 g/mol. The smallest absolute Gasteiger partial charge is 0.871 e. The van der Waals surface area contributed by atoms with E-state index in [-0.39, 0.29) is 39.4 Å². The Kier molecular flexibility index (Phi) is 8.07. The van der Waals surface area contributed by atoms with Crippen LogP contribution in [0.3, 0.4) is 0 Å². The summed E-state index contributed by atoms with van der Waals surface area (Å²) in [6, 6.07) is 20.8. The second-order valence-electron chi connectivity index (χ2n) is 5.79. The Hall–Kier alpha value is -3.50. The zero-order chi connectivity index (χ0) is 19.8. The van der Waals surface area contributed by atoms with Crippen molar-refractivity contribution in [1.29, 1.82) is 0 Å². The molecule has 5 nitrogen and oxygen atoms in total. The van der Waals surface area contributed by atoms with Crippen molar-refractivity contribution in [2.45, 2.75) is 0 Å². The second-order valence-corrected chi connectivity index (χ2v) is 5.79. The number of azo groups is 1. The molecule has 4 aromatic rings. The average Bonchev–Trinajstić information content (AvgIpc) is 2.75. The Morgan fingerprint density at radius 1 is 0.759 bits per heavy atom. The molecule has 0 aliphatic heterocycles.